The maximum Gasteiger partial charge on any atom is 0.311 e. The lowest BCUT2D eigenvalue weighted by atomic mass is 10.1. The van der Waals surface area contributed by atoms with Gasteiger partial charge in [0.15, 0.2) is 11.9 Å². The average molecular weight is 289 g/mol. The molecule has 6 heteroatoms. The molecule has 0 saturated carbocycles. The first-order chi connectivity index (χ1) is 9.61. The van der Waals surface area contributed by atoms with Gasteiger partial charge in [0.2, 0.25) is 0 Å². The molecule has 0 atom stereocenters. The third-order valence-corrected chi connectivity index (χ3v) is 3.16. The minimum Gasteiger partial charge on any atom is -0.481 e. The van der Waals surface area contributed by atoms with E-state index in [1.807, 2.05) is 24.3 Å². The van der Waals surface area contributed by atoms with Crippen molar-refractivity contribution in [1.82, 2.24) is 9.61 Å². The predicted molar refractivity (Wildman–Crippen MR) is 73.5 cm³/mol. The van der Waals surface area contributed by atoms with Crippen LogP contribution in [0.5, 0.6) is 0 Å². The molecule has 0 bridgehead atoms. The Balaban J connectivity index is 2.01. The molecule has 0 amide bonds. The molecule has 3 rings (SSSR count). The average Bonchev–Trinajstić information content (AvgIpc) is 2.79. The summed E-state index contributed by atoms with van der Waals surface area (Å²) in [5, 5.41) is 13.9. The summed E-state index contributed by atoms with van der Waals surface area (Å²) < 4.78 is 1.64. The van der Waals surface area contributed by atoms with Crippen molar-refractivity contribution in [1.29, 1.82) is 0 Å². The fraction of sp³-hybridized carbons (Fsp3) is 0.0714. The second-order valence-corrected chi connectivity index (χ2v) is 4.84. The van der Waals surface area contributed by atoms with E-state index in [2.05, 4.69) is 10.1 Å². The number of carboxylic acids is 1. The number of aliphatic carboxylic acids is 1. The zero-order valence-corrected chi connectivity index (χ0v) is 11.1. The molecular formula is C14H11ClN3O2+. The maximum atomic E-state index is 10.7. The lowest BCUT2D eigenvalue weighted by Crippen LogP contribution is -2.11. The molecule has 5 nitrogen and oxygen atoms in total. The normalized spacial score (nSPS) is 10.8. The molecule has 0 aliphatic rings. The number of H-pyrrole nitrogens is 1. The monoisotopic (exact) mass is 288 g/mol. The van der Waals surface area contributed by atoms with Crippen LogP contribution in [-0.2, 0) is 11.2 Å². The van der Waals surface area contributed by atoms with E-state index < -0.39 is 5.97 Å². The molecule has 100 valence electrons. The van der Waals surface area contributed by atoms with E-state index in [-0.39, 0.29) is 6.42 Å². The van der Waals surface area contributed by atoms with Gasteiger partial charge in [-0.3, -0.25) is 4.79 Å². The first-order valence-electron chi connectivity index (χ1n) is 6.00. The van der Waals surface area contributed by atoms with Gasteiger partial charge in [0.25, 0.3) is 0 Å². The molecule has 0 aliphatic carbocycles. The number of hydrogen-bond donors (Lipinski definition) is 1. The number of carbonyl (C=O) groups is 1. The third kappa shape index (κ3) is 2.48. The topological polar surface area (TPSA) is 68.7 Å². The molecular weight excluding hydrogens is 278 g/mol. The summed E-state index contributed by atoms with van der Waals surface area (Å²) in [7, 11) is 0. The standard InChI is InChI=1S/C14H10ClN3O2/c15-10-3-1-9(2-4-10)12-5-6-13-16-11(7-14(19)20)8-18(13)17-12/h1-6,8H,7H2,(H,19,20)/p+1. The van der Waals surface area contributed by atoms with Crippen molar-refractivity contribution in [3.8, 4) is 11.3 Å². The summed E-state index contributed by atoms with van der Waals surface area (Å²) in [5.41, 5.74) is 3.10. The Labute approximate surface area is 119 Å². The second kappa shape index (κ2) is 4.94. The Kier molecular flexibility index (Phi) is 3.12. The predicted octanol–water partition coefficient (Wildman–Crippen LogP) is 2.10. The van der Waals surface area contributed by atoms with Crippen molar-refractivity contribution in [2.45, 2.75) is 6.42 Å². The lowest BCUT2D eigenvalue weighted by molar-refractivity contribution is -0.355. The van der Waals surface area contributed by atoms with E-state index in [0.29, 0.717) is 10.7 Å². The van der Waals surface area contributed by atoms with Gasteiger partial charge in [0.05, 0.1) is 0 Å². The number of benzene rings is 1. The number of aromatic amines is 1. The van der Waals surface area contributed by atoms with Crippen molar-refractivity contribution in [2.75, 3.05) is 0 Å². The fourth-order valence-electron chi connectivity index (χ4n) is 2.01. The largest absolute Gasteiger partial charge is 0.481 e. The van der Waals surface area contributed by atoms with Gasteiger partial charge in [0.1, 0.15) is 12.1 Å². The van der Waals surface area contributed by atoms with Gasteiger partial charge in [-0.05, 0) is 18.2 Å². The first-order valence-corrected chi connectivity index (χ1v) is 6.38. The molecule has 2 heterocycles. The molecule has 20 heavy (non-hydrogen) atoms. The first kappa shape index (κ1) is 12.6. The van der Waals surface area contributed by atoms with Gasteiger partial charge in [-0.15, -0.1) is 4.52 Å². The Morgan fingerprint density at radius 2 is 2.00 bits per heavy atom. The van der Waals surface area contributed by atoms with Crippen molar-refractivity contribution >= 4 is 23.2 Å². The van der Waals surface area contributed by atoms with Crippen LogP contribution in [0.1, 0.15) is 5.69 Å². The minimum absolute atomic E-state index is 0.0559. The summed E-state index contributed by atoms with van der Waals surface area (Å²) in [5.74, 6) is -0.880. The highest BCUT2D eigenvalue weighted by Gasteiger charge is 2.14. The highest BCUT2D eigenvalue weighted by Crippen LogP contribution is 2.19. The summed E-state index contributed by atoms with van der Waals surface area (Å²) in [6.45, 7) is 0. The number of hydrogen-bond acceptors (Lipinski definition) is 2. The smallest absolute Gasteiger partial charge is 0.311 e. The van der Waals surface area contributed by atoms with E-state index in [4.69, 9.17) is 16.7 Å². The molecule has 3 aromatic rings. The molecule has 0 aliphatic heterocycles. The van der Waals surface area contributed by atoms with Gasteiger partial charge in [-0.1, -0.05) is 28.8 Å². The van der Waals surface area contributed by atoms with E-state index in [1.165, 1.54) is 0 Å². The molecule has 1 aromatic carbocycles. The van der Waals surface area contributed by atoms with Crippen LogP contribution in [0.3, 0.4) is 0 Å². The van der Waals surface area contributed by atoms with Gasteiger partial charge in [-0.25, -0.2) is 4.98 Å². The molecule has 0 radical (unpaired) electrons. The lowest BCUT2D eigenvalue weighted by Gasteiger charge is -1.98. The Morgan fingerprint density at radius 3 is 2.70 bits per heavy atom. The van der Waals surface area contributed by atoms with Gasteiger partial charge in [0, 0.05) is 16.7 Å². The molecule has 0 saturated heterocycles. The van der Waals surface area contributed by atoms with Crippen LogP contribution in [0.2, 0.25) is 5.02 Å². The SMILES string of the molecule is O=C(O)Cc1cn2nc(-c3ccc(Cl)cc3)ccc2[nH+]1. The maximum absolute atomic E-state index is 10.7. The zero-order chi connectivity index (χ0) is 14.1. The minimum atomic E-state index is -0.880. The van der Waals surface area contributed by atoms with Gasteiger partial charge < -0.3 is 5.11 Å². The number of carboxylic acid groups (broad SMARTS) is 1. The highest BCUT2D eigenvalue weighted by molar-refractivity contribution is 6.30. The summed E-state index contributed by atoms with van der Waals surface area (Å²) in [6.07, 6.45) is 1.63. The van der Waals surface area contributed by atoms with Crippen LogP contribution in [0, 0.1) is 0 Å². The zero-order valence-electron chi connectivity index (χ0n) is 10.4. The van der Waals surface area contributed by atoms with E-state index in [0.717, 1.165) is 16.9 Å². The summed E-state index contributed by atoms with van der Waals surface area (Å²) in [4.78, 5) is 13.7. The Morgan fingerprint density at radius 1 is 1.25 bits per heavy atom. The Bertz CT molecular complexity index is 781. The van der Waals surface area contributed by atoms with Gasteiger partial charge in [-0.2, -0.15) is 0 Å². The molecule has 0 unspecified atom stereocenters. The van der Waals surface area contributed by atoms with Crippen LogP contribution in [0.15, 0.2) is 42.6 Å². The number of nitrogens with zero attached hydrogens (tertiary/aromatic N) is 2. The third-order valence-electron chi connectivity index (χ3n) is 2.91. The van der Waals surface area contributed by atoms with Crippen LogP contribution in [0.25, 0.3) is 16.9 Å². The summed E-state index contributed by atoms with van der Waals surface area (Å²) in [6, 6.07) is 11.1. The Hall–Kier alpha value is -2.40. The number of aromatic nitrogens is 3. The molecule has 0 spiro atoms. The molecule has 2 aromatic heterocycles. The van der Waals surface area contributed by atoms with Crippen molar-refractivity contribution in [3.05, 3.63) is 53.3 Å². The van der Waals surface area contributed by atoms with Crippen LogP contribution >= 0.6 is 11.6 Å². The number of imidazole rings is 1. The van der Waals surface area contributed by atoms with Crippen molar-refractivity contribution in [2.24, 2.45) is 0 Å². The van der Waals surface area contributed by atoms with Crippen LogP contribution < -0.4 is 4.98 Å². The van der Waals surface area contributed by atoms with E-state index in [9.17, 15) is 4.79 Å². The number of fused-ring (bicyclic) bond motifs is 1. The molecule has 0 fully saturated rings. The second-order valence-electron chi connectivity index (χ2n) is 4.41. The van der Waals surface area contributed by atoms with Gasteiger partial charge >= 0.3 is 11.6 Å². The number of rotatable bonds is 3. The number of halogens is 1. The summed E-state index contributed by atoms with van der Waals surface area (Å²) >= 11 is 5.86. The number of nitrogens with one attached hydrogen (secondary N) is 1. The van der Waals surface area contributed by atoms with Crippen LogP contribution in [0.4, 0.5) is 0 Å². The molecule has 2 N–H and O–H groups in total. The van der Waals surface area contributed by atoms with E-state index in [1.54, 1.807) is 22.8 Å². The van der Waals surface area contributed by atoms with Crippen molar-refractivity contribution in [3.63, 3.8) is 0 Å². The highest BCUT2D eigenvalue weighted by atomic mass is 35.5. The van der Waals surface area contributed by atoms with Crippen molar-refractivity contribution < 1.29 is 14.9 Å². The fourth-order valence-corrected chi connectivity index (χ4v) is 2.13. The van der Waals surface area contributed by atoms with E-state index >= 15 is 0 Å². The van der Waals surface area contributed by atoms with Crippen LogP contribution in [-0.4, -0.2) is 20.7 Å². The quantitative estimate of drug-likeness (QED) is 0.802.